The SMILES string of the molecule is COc1ccc(CNc2cccnc2Br)cc1Cl. The van der Waals surface area contributed by atoms with Gasteiger partial charge in [0.25, 0.3) is 0 Å². The van der Waals surface area contributed by atoms with E-state index in [9.17, 15) is 0 Å². The summed E-state index contributed by atoms with van der Waals surface area (Å²) in [5, 5.41) is 3.90. The molecule has 0 fully saturated rings. The molecule has 1 aromatic carbocycles. The molecule has 0 spiro atoms. The Labute approximate surface area is 119 Å². The zero-order valence-electron chi connectivity index (χ0n) is 9.78. The third kappa shape index (κ3) is 3.15. The largest absolute Gasteiger partial charge is 0.495 e. The molecule has 0 bridgehead atoms. The van der Waals surface area contributed by atoms with Crippen LogP contribution in [0.25, 0.3) is 0 Å². The van der Waals surface area contributed by atoms with E-state index in [-0.39, 0.29) is 0 Å². The minimum Gasteiger partial charge on any atom is -0.495 e. The normalized spacial score (nSPS) is 10.2. The van der Waals surface area contributed by atoms with Gasteiger partial charge >= 0.3 is 0 Å². The van der Waals surface area contributed by atoms with Crippen molar-refractivity contribution in [3.63, 3.8) is 0 Å². The smallest absolute Gasteiger partial charge is 0.137 e. The summed E-state index contributed by atoms with van der Waals surface area (Å²) in [7, 11) is 1.60. The minimum atomic E-state index is 0.613. The van der Waals surface area contributed by atoms with Crippen molar-refractivity contribution in [1.29, 1.82) is 0 Å². The lowest BCUT2D eigenvalue weighted by Gasteiger charge is -2.09. The first-order valence-corrected chi connectivity index (χ1v) is 6.54. The molecule has 1 N–H and O–H groups in total. The Balaban J connectivity index is 2.07. The highest BCUT2D eigenvalue weighted by Crippen LogP contribution is 2.26. The molecule has 2 aromatic rings. The topological polar surface area (TPSA) is 34.1 Å². The first kappa shape index (κ1) is 13.2. The van der Waals surface area contributed by atoms with Crippen molar-refractivity contribution >= 4 is 33.2 Å². The molecule has 0 saturated heterocycles. The molecular formula is C13H12BrClN2O. The van der Waals surface area contributed by atoms with E-state index in [1.54, 1.807) is 13.3 Å². The summed E-state index contributed by atoms with van der Waals surface area (Å²) >= 11 is 9.46. The summed E-state index contributed by atoms with van der Waals surface area (Å²) in [4.78, 5) is 4.14. The summed E-state index contributed by atoms with van der Waals surface area (Å²) in [6.45, 7) is 0.675. The quantitative estimate of drug-likeness (QED) is 0.858. The summed E-state index contributed by atoms with van der Waals surface area (Å²) < 4.78 is 5.91. The van der Waals surface area contributed by atoms with Gasteiger partial charge in [-0.25, -0.2) is 4.98 Å². The van der Waals surface area contributed by atoms with Gasteiger partial charge in [0.15, 0.2) is 0 Å². The molecule has 0 radical (unpaired) electrons. The lowest BCUT2D eigenvalue weighted by atomic mass is 10.2. The van der Waals surface area contributed by atoms with Crippen molar-refractivity contribution < 1.29 is 4.74 Å². The predicted octanol–water partition coefficient (Wildman–Crippen LogP) is 4.12. The molecule has 0 unspecified atom stereocenters. The third-order valence-corrected chi connectivity index (χ3v) is 3.39. The number of aromatic nitrogens is 1. The fourth-order valence-electron chi connectivity index (χ4n) is 1.54. The zero-order valence-corrected chi connectivity index (χ0v) is 12.1. The molecule has 5 heteroatoms. The molecule has 1 heterocycles. The van der Waals surface area contributed by atoms with E-state index in [1.165, 1.54) is 0 Å². The molecule has 0 aliphatic rings. The van der Waals surface area contributed by atoms with Gasteiger partial charge in [0.05, 0.1) is 17.8 Å². The van der Waals surface area contributed by atoms with E-state index in [0.29, 0.717) is 17.3 Å². The zero-order chi connectivity index (χ0) is 13.0. The number of ether oxygens (including phenoxy) is 1. The summed E-state index contributed by atoms with van der Waals surface area (Å²) in [5.74, 6) is 0.683. The van der Waals surface area contributed by atoms with E-state index in [0.717, 1.165) is 15.9 Å². The molecular weight excluding hydrogens is 316 g/mol. The van der Waals surface area contributed by atoms with Crippen LogP contribution < -0.4 is 10.1 Å². The van der Waals surface area contributed by atoms with Crippen molar-refractivity contribution in [2.75, 3.05) is 12.4 Å². The second-order valence-corrected chi connectivity index (χ2v) is 4.82. The Hall–Kier alpha value is -1.26. The van der Waals surface area contributed by atoms with E-state index in [2.05, 4.69) is 26.2 Å². The monoisotopic (exact) mass is 326 g/mol. The molecule has 0 aliphatic carbocycles. The number of pyridine rings is 1. The molecule has 1 aromatic heterocycles. The summed E-state index contributed by atoms with van der Waals surface area (Å²) in [5.41, 5.74) is 2.03. The van der Waals surface area contributed by atoms with Crippen LogP contribution in [0.15, 0.2) is 41.1 Å². The Morgan fingerprint density at radius 2 is 2.22 bits per heavy atom. The van der Waals surface area contributed by atoms with Crippen LogP contribution in [0.1, 0.15) is 5.56 Å². The van der Waals surface area contributed by atoms with Gasteiger partial charge in [-0.2, -0.15) is 0 Å². The number of hydrogen-bond donors (Lipinski definition) is 1. The first-order chi connectivity index (χ1) is 8.70. The maximum atomic E-state index is 6.07. The van der Waals surface area contributed by atoms with Crippen LogP contribution in [0, 0.1) is 0 Å². The number of nitrogens with zero attached hydrogens (tertiary/aromatic N) is 1. The van der Waals surface area contributed by atoms with Gasteiger partial charge in [-0.15, -0.1) is 0 Å². The van der Waals surface area contributed by atoms with Crippen LogP contribution in [-0.2, 0) is 6.54 Å². The molecule has 0 saturated carbocycles. The van der Waals surface area contributed by atoms with Gasteiger partial charge in [-0.05, 0) is 45.8 Å². The first-order valence-electron chi connectivity index (χ1n) is 5.37. The molecule has 2 rings (SSSR count). The van der Waals surface area contributed by atoms with E-state index in [4.69, 9.17) is 16.3 Å². The third-order valence-electron chi connectivity index (χ3n) is 2.46. The van der Waals surface area contributed by atoms with Crippen LogP contribution in [0.4, 0.5) is 5.69 Å². The molecule has 0 aliphatic heterocycles. The maximum absolute atomic E-state index is 6.07. The van der Waals surface area contributed by atoms with Gasteiger partial charge in [0.2, 0.25) is 0 Å². The number of methoxy groups -OCH3 is 1. The number of anilines is 1. The highest BCUT2D eigenvalue weighted by atomic mass is 79.9. The predicted molar refractivity (Wildman–Crippen MR) is 77.3 cm³/mol. The van der Waals surface area contributed by atoms with E-state index in [1.807, 2.05) is 30.3 Å². The van der Waals surface area contributed by atoms with Crippen LogP contribution in [0.3, 0.4) is 0 Å². The molecule has 18 heavy (non-hydrogen) atoms. The number of nitrogens with one attached hydrogen (secondary N) is 1. The molecule has 0 atom stereocenters. The standard InChI is InChI=1S/C13H12BrClN2O/c1-18-12-5-4-9(7-10(12)15)8-17-11-3-2-6-16-13(11)14/h2-7,17H,8H2,1H3. The Kier molecular flexibility index (Phi) is 4.44. The molecule has 3 nitrogen and oxygen atoms in total. The van der Waals surface area contributed by atoms with Crippen LogP contribution >= 0.6 is 27.5 Å². The minimum absolute atomic E-state index is 0.613. The Morgan fingerprint density at radius 3 is 2.89 bits per heavy atom. The van der Waals surface area contributed by atoms with Gasteiger partial charge in [0.1, 0.15) is 10.4 Å². The molecule has 94 valence electrons. The van der Waals surface area contributed by atoms with Crippen LogP contribution in [0.5, 0.6) is 5.75 Å². The number of rotatable bonds is 4. The second kappa shape index (κ2) is 6.07. The fraction of sp³-hybridized carbons (Fsp3) is 0.154. The van der Waals surface area contributed by atoms with Gasteiger partial charge < -0.3 is 10.1 Å². The highest BCUT2D eigenvalue weighted by Gasteiger charge is 2.03. The number of benzene rings is 1. The maximum Gasteiger partial charge on any atom is 0.137 e. The average Bonchev–Trinajstić information content (AvgIpc) is 2.38. The van der Waals surface area contributed by atoms with Gasteiger partial charge in [-0.3, -0.25) is 0 Å². The van der Waals surface area contributed by atoms with E-state index < -0.39 is 0 Å². The summed E-state index contributed by atoms with van der Waals surface area (Å²) in [6.07, 6.45) is 1.74. The van der Waals surface area contributed by atoms with Crippen molar-refractivity contribution in [3.05, 3.63) is 51.7 Å². The van der Waals surface area contributed by atoms with Crippen LogP contribution in [0.2, 0.25) is 5.02 Å². The average molecular weight is 328 g/mol. The van der Waals surface area contributed by atoms with E-state index >= 15 is 0 Å². The van der Waals surface area contributed by atoms with Gasteiger partial charge in [0, 0.05) is 12.7 Å². The summed E-state index contributed by atoms with van der Waals surface area (Å²) in [6, 6.07) is 9.56. The Bertz CT molecular complexity index is 548. The van der Waals surface area contributed by atoms with Crippen molar-refractivity contribution in [1.82, 2.24) is 4.98 Å². The second-order valence-electron chi connectivity index (χ2n) is 3.66. The number of hydrogen-bond acceptors (Lipinski definition) is 3. The molecule has 0 amide bonds. The highest BCUT2D eigenvalue weighted by molar-refractivity contribution is 9.10. The fourth-order valence-corrected chi connectivity index (χ4v) is 2.21. The lowest BCUT2D eigenvalue weighted by Crippen LogP contribution is -2.00. The number of halogens is 2. The van der Waals surface area contributed by atoms with Crippen molar-refractivity contribution in [2.24, 2.45) is 0 Å². The Morgan fingerprint density at radius 1 is 1.39 bits per heavy atom. The van der Waals surface area contributed by atoms with Gasteiger partial charge in [-0.1, -0.05) is 17.7 Å². The van der Waals surface area contributed by atoms with Crippen molar-refractivity contribution in [3.8, 4) is 5.75 Å². The van der Waals surface area contributed by atoms with Crippen molar-refractivity contribution in [2.45, 2.75) is 6.54 Å². The lowest BCUT2D eigenvalue weighted by molar-refractivity contribution is 0.415. The van der Waals surface area contributed by atoms with Crippen LogP contribution in [-0.4, -0.2) is 12.1 Å².